The molecular formula is C19H22O4S. The van der Waals surface area contributed by atoms with Crippen molar-refractivity contribution >= 4 is 11.4 Å². The number of ether oxygens (including phenoxy) is 1. The van der Waals surface area contributed by atoms with Crippen molar-refractivity contribution in [2.45, 2.75) is 44.7 Å². The normalized spacial score (nSPS) is 56.1. The minimum atomic E-state index is -1.53. The molecule has 0 radical (unpaired) electrons. The van der Waals surface area contributed by atoms with Gasteiger partial charge in [-0.05, 0) is 53.4 Å². The van der Waals surface area contributed by atoms with Crippen molar-refractivity contribution in [2.75, 3.05) is 0 Å². The van der Waals surface area contributed by atoms with Crippen molar-refractivity contribution in [2.24, 2.45) is 35.0 Å². The van der Waals surface area contributed by atoms with Gasteiger partial charge >= 0.3 is 11.4 Å². The number of hydrogen-bond acceptors (Lipinski definition) is 4. The summed E-state index contributed by atoms with van der Waals surface area (Å²) in [7, 11) is 0. The van der Waals surface area contributed by atoms with Crippen LogP contribution in [0.25, 0.3) is 0 Å². The van der Waals surface area contributed by atoms with Crippen molar-refractivity contribution < 1.29 is 17.3 Å². The molecule has 0 amide bonds. The average molecular weight is 346 g/mol. The van der Waals surface area contributed by atoms with Crippen molar-refractivity contribution in [1.29, 1.82) is 0 Å². The standard InChI is InChI=1S/C19H22O4S/c1-19-8-13-12(22-24(20)23-13)7-11-14-15(17(14)19)18(16(11)19)21-9-10-5-3-2-4-6-10/h2-6,11-18H,7-9H2,1H3. The summed E-state index contributed by atoms with van der Waals surface area (Å²) < 4.78 is 29.2. The van der Waals surface area contributed by atoms with Crippen molar-refractivity contribution in [3.63, 3.8) is 0 Å². The smallest absolute Gasteiger partial charge is 0.305 e. The van der Waals surface area contributed by atoms with Gasteiger partial charge in [-0.1, -0.05) is 37.3 Å². The summed E-state index contributed by atoms with van der Waals surface area (Å²) in [6, 6.07) is 10.5. The Morgan fingerprint density at radius 1 is 1.17 bits per heavy atom. The van der Waals surface area contributed by atoms with Crippen LogP contribution >= 0.6 is 0 Å². The molecule has 10 atom stereocenters. The predicted octanol–water partition coefficient (Wildman–Crippen LogP) is 2.86. The van der Waals surface area contributed by atoms with E-state index in [0.29, 0.717) is 24.5 Å². The lowest BCUT2D eigenvalue weighted by atomic mass is 9.75. The Labute approximate surface area is 144 Å². The minimum absolute atomic E-state index is 0.0124. The Morgan fingerprint density at radius 2 is 1.96 bits per heavy atom. The zero-order valence-electron chi connectivity index (χ0n) is 13.7. The zero-order chi connectivity index (χ0) is 16.1. The SMILES string of the molecule is CC12CC3OS(=O)OC3CC3C4C(C(OCc5ccccc5)C31)C42. The van der Waals surface area contributed by atoms with Gasteiger partial charge in [0.15, 0.2) is 0 Å². The van der Waals surface area contributed by atoms with E-state index in [1.54, 1.807) is 0 Å². The van der Waals surface area contributed by atoms with Crippen LogP contribution in [-0.4, -0.2) is 22.5 Å². The second kappa shape index (κ2) is 4.70. The van der Waals surface area contributed by atoms with E-state index in [1.807, 2.05) is 6.07 Å². The molecule has 7 rings (SSSR count). The first-order chi connectivity index (χ1) is 11.7. The van der Waals surface area contributed by atoms with Gasteiger partial charge in [0.1, 0.15) is 12.2 Å². The molecule has 4 nitrogen and oxygen atoms in total. The fourth-order valence-electron chi connectivity index (χ4n) is 6.99. The first kappa shape index (κ1) is 14.4. The van der Waals surface area contributed by atoms with E-state index in [4.69, 9.17) is 13.1 Å². The molecule has 0 aromatic heterocycles. The Hall–Kier alpha value is -0.750. The van der Waals surface area contributed by atoms with Crippen LogP contribution in [0, 0.1) is 35.0 Å². The molecule has 10 unspecified atom stereocenters. The molecule has 1 aromatic carbocycles. The second-order valence-corrected chi connectivity index (χ2v) is 9.34. The summed E-state index contributed by atoms with van der Waals surface area (Å²) in [6.07, 6.45) is 2.40. The van der Waals surface area contributed by atoms with Gasteiger partial charge in [0.2, 0.25) is 0 Å². The maximum Gasteiger partial charge on any atom is 0.305 e. The molecule has 5 aliphatic carbocycles. The predicted molar refractivity (Wildman–Crippen MR) is 87.7 cm³/mol. The number of rotatable bonds is 3. The maximum atomic E-state index is 11.6. The largest absolute Gasteiger partial charge is 0.373 e. The lowest BCUT2D eigenvalue weighted by Crippen LogP contribution is -2.32. The highest BCUT2D eigenvalue weighted by atomic mass is 32.2. The number of benzene rings is 1. The summed E-state index contributed by atoms with van der Waals surface area (Å²) in [6.45, 7) is 3.14. The van der Waals surface area contributed by atoms with Gasteiger partial charge in [0.25, 0.3) is 0 Å². The number of hydrogen-bond donors (Lipinski definition) is 0. The van der Waals surface area contributed by atoms with E-state index < -0.39 is 11.4 Å². The molecule has 24 heavy (non-hydrogen) atoms. The van der Waals surface area contributed by atoms with Gasteiger partial charge in [0.05, 0.1) is 12.7 Å². The van der Waals surface area contributed by atoms with Crippen molar-refractivity contribution in [3.05, 3.63) is 35.9 Å². The highest BCUT2D eigenvalue weighted by Gasteiger charge is 2.83. The van der Waals surface area contributed by atoms with E-state index in [2.05, 4.69) is 31.2 Å². The molecule has 1 heterocycles. The monoisotopic (exact) mass is 346 g/mol. The molecule has 5 saturated carbocycles. The quantitative estimate of drug-likeness (QED) is 0.844. The molecule has 128 valence electrons. The van der Waals surface area contributed by atoms with Gasteiger partial charge < -0.3 is 4.74 Å². The summed E-state index contributed by atoms with van der Waals surface area (Å²) in [5.41, 5.74) is 1.53. The first-order valence-electron chi connectivity index (χ1n) is 9.08. The Kier molecular flexibility index (Phi) is 2.82. The van der Waals surface area contributed by atoms with Crippen LogP contribution < -0.4 is 0 Å². The van der Waals surface area contributed by atoms with Gasteiger partial charge in [-0.15, -0.1) is 0 Å². The molecule has 1 aromatic rings. The van der Waals surface area contributed by atoms with Crippen molar-refractivity contribution in [3.8, 4) is 0 Å². The van der Waals surface area contributed by atoms with E-state index in [9.17, 15) is 4.21 Å². The summed E-state index contributed by atoms with van der Waals surface area (Å²) in [5, 5.41) is 0. The summed E-state index contributed by atoms with van der Waals surface area (Å²) >= 11 is -1.53. The van der Waals surface area contributed by atoms with Crippen LogP contribution in [0.5, 0.6) is 0 Å². The van der Waals surface area contributed by atoms with Gasteiger partial charge in [-0.2, -0.15) is 4.21 Å². The fourth-order valence-corrected chi connectivity index (χ4v) is 7.83. The lowest BCUT2D eigenvalue weighted by Gasteiger charge is -2.32. The van der Waals surface area contributed by atoms with Crippen LogP contribution in [0.1, 0.15) is 25.3 Å². The Balaban J connectivity index is 1.26. The first-order valence-corrected chi connectivity index (χ1v) is 10.1. The van der Waals surface area contributed by atoms with Crippen LogP contribution in [0.2, 0.25) is 0 Å². The zero-order valence-corrected chi connectivity index (χ0v) is 14.5. The number of fused-ring (bicyclic) bond motifs is 1. The van der Waals surface area contributed by atoms with Crippen LogP contribution in [0.3, 0.4) is 0 Å². The maximum absolute atomic E-state index is 11.6. The minimum Gasteiger partial charge on any atom is -0.373 e. The second-order valence-electron chi connectivity index (χ2n) is 8.55. The molecule has 6 aliphatic rings. The molecule has 0 spiro atoms. The van der Waals surface area contributed by atoms with Gasteiger partial charge in [0, 0.05) is 0 Å². The van der Waals surface area contributed by atoms with Crippen LogP contribution in [-0.2, 0) is 31.1 Å². The third kappa shape index (κ3) is 1.72. The lowest BCUT2D eigenvalue weighted by molar-refractivity contribution is -0.0136. The topological polar surface area (TPSA) is 44.8 Å². The molecule has 1 saturated heterocycles. The van der Waals surface area contributed by atoms with Crippen LogP contribution in [0.4, 0.5) is 0 Å². The molecule has 1 aliphatic heterocycles. The molecule has 5 heteroatoms. The summed E-state index contributed by atoms with van der Waals surface area (Å²) in [4.78, 5) is 0. The van der Waals surface area contributed by atoms with Crippen molar-refractivity contribution in [1.82, 2.24) is 0 Å². The molecular weight excluding hydrogens is 324 g/mol. The van der Waals surface area contributed by atoms with Crippen LogP contribution in [0.15, 0.2) is 30.3 Å². The Morgan fingerprint density at radius 3 is 2.79 bits per heavy atom. The molecule has 6 bridgehead atoms. The average Bonchev–Trinajstić information content (AvgIpc) is 2.94. The van der Waals surface area contributed by atoms with E-state index in [-0.39, 0.29) is 17.6 Å². The highest BCUT2D eigenvalue weighted by molar-refractivity contribution is 7.75. The highest BCUT2D eigenvalue weighted by Crippen LogP contribution is 2.83. The van der Waals surface area contributed by atoms with E-state index >= 15 is 0 Å². The fraction of sp³-hybridized carbons (Fsp3) is 0.684. The third-order valence-corrected chi connectivity index (χ3v) is 8.40. The Bertz CT molecular complexity index is 709. The van der Waals surface area contributed by atoms with Gasteiger partial charge in [-0.25, -0.2) is 0 Å². The third-order valence-electron chi connectivity index (χ3n) is 7.59. The summed E-state index contributed by atoms with van der Waals surface area (Å²) in [5.74, 6) is 3.61. The van der Waals surface area contributed by atoms with E-state index in [0.717, 1.165) is 30.6 Å². The van der Waals surface area contributed by atoms with Gasteiger partial charge in [-0.3, -0.25) is 8.37 Å². The molecule has 6 fully saturated rings. The molecule has 0 N–H and O–H groups in total. The van der Waals surface area contributed by atoms with E-state index in [1.165, 1.54) is 5.56 Å².